The minimum absolute atomic E-state index is 0.00255. The number of piperidine rings is 1. The minimum atomic E-state index is -0.0581. The van der Waals surface area contributed by atoms with Crippen molar-refractivity contribution in [3.05, 3.63) is 35.7 Å². The molecule has 25 heavy (non-hydrogen) atoms. The average molecular weight is 339 g/mol. The number of hydrogen-bond donors (Lipinski definition) is 1. The number of carbonyl (C=O) groups excluding carboxylic acids is 1. The molecular formula is C17H21N7O. The van der Waals surface area contributed by atoms with Crippen LogP contribution in [-0.2, 0) is 6.54 Å². The van der Waals surface area contributed by atoms with Crippen LogP contribution in [0, 0.1) is 6.92 Å². The van der Waals surface area contributed by atoms with E-state index in [0.29, 0.717) is 5.56 Å². The average Bonchev–Trinajstić information content (AvgIpc) is 3.30. The van der Waals surface area contributed by atoms with Crippen molar-refractivity contribution in [3.8, 4) is 0 Å². The van der Waals surface area contributed by atoms with E-state index in [-0.39, 0.29) is 11.9 Å². The molecule has 1 amide bonds. The standard InChI is InChI=1S/C17H21N7O/c1-3-24-16-12(9-20-24)8-13(11(2)21-16)17(25)23-7-5-4-6-14(23)15-18-10-19-22-15/h8-10,14H,3-7H2,1-2H3,(H,18,19,22)/t14-/m0/s1. The smallest absolute Gasteiger partial charge is 0.256 e. The van der Waals surface area contributed by atoms with Gasteiger partial charge in [0.2, 0.25) is 0 Å². The molecule has 1 aliphatic rings. The highest BCUT2D eigenvalue weighted by Gasteiger charge is 2.31. The van der Waals surface area contributed by atoms with Crippen molar-refractivity contribution in [3.63, 3.8) is 0 Å². The number of H-pyrrole nitrogens is 1. The number of nitrogens with one attached hydrogen (secondary N) is 1. The lowest BCUT2D eigenvalue weighted by Gasteiger charge is -2.34. The Morgan fingerprint density at radius 2 is 2.28 bits per heavy atom. The SMILES string of the molecule is CCn1ncc2cc(C(=O)N3CCCC[C@H]3c3ncn[nH]3)c(C)nc21. The van der Waals surface area contributed by atoms with Crippen LogP contribution in [0.2, 0.25) is 0 Å². The topological polar surface area (TPSA) is 92.6 Å². The van der Waals surface area contributed by atoms with E-state index in [4.69, 9.17) is 0 Å². The molecule has 0 unspecified atom stereocenters. The van der Waals surface area contributed by atoms with Crippen LogP contribution in [-0.4, -0.2) is 47.3 Å². The summed E-state index contributed by atoms with van der Waals surface area (Å²) in [4.78, 5) is 24.0. The molecule has 1 atom stereocenters. The molecule has 1 fully saturated rings. The molecule has 0 bridgehead atoms. The number of aromatic nitrogens is 6. The zero-order valence-electron chi connectivity index (χ0n) is 14.4. The number of hydrogen-bond acceptors (Lipinski definition) is 5. The first-order valence-corrected chi connectivity index (χ1v) is 8.68. The van der Waals surface area contributed by atoms with Crippen LogP contribution in [0.4, 0.5) is 0 Å². The largest absolute Gasteiger partial charge is 0.328 e. The van der Waals surface area contributed by atoms with E-state index in [2.05, 4.69) is 25.3 Å². The van der Waals surface area contributed by atoms with Gasteiger partial charge in [0.25, 0.3) is 5.91 Å². The summed E-state index contributed by atoms with van der Waals surface area (Å²) in [5.74, 6) is 0.746. The fourth-order valence-electron chi connectivity index (χ4n) is 3.53. The third kappa shape index (κ3) is 2.67. The van der Waals surface area contributed by atoms with Crippen molar-refractivity contribution in [2.24, 2.45) is 0 Å². The van der Waals surface area contributed by atoms with Crippen molar-refractivity contribution < 1.29 is 4.79 Å². The molecule has 0 spiro atoms. The van der Waals surface area contributed by atoms with E-state index in [1.165, 1.54) is 6.33 Å². The number of fused-ring (bicyclic) bond motifs is 1. The molecule has 1 aliphatic heterocycles. The van der Waals surface area contributed by atoms with Gasteiger partial charge in [-0.05, 0) is 39.2 Å². The Kier molecular flexibility index (Phi) is 3.95. The number of aromatic amines is 1. The molecule has 8 heteroatoms. The molecule has 1 saturated heterocycles. The second-order valence-corrected chi connectivity index (χ2v) is 6.38. The molecule has 0 saturated carbocycles. The fraction of sp³-hybridized carbons (Fsp3) is 0.471. The molecule has 4 rings (SSSR count). The number of amides is 1. The van der Waals surface area contributed by atoms with Gasteiger partial charge in [-0.1, -0.05) is 0 Å². The highest BCUT2D eigenvalue weighted by molar-refractivity contribution is 5.98. The van der Waals surface area contributed by atoms with Crippen molar-refractivity contribution in [1.82, 2.24) is 34.8 Å². The van der Waals surface area contributed by atoms with Crippen molar-refractivity contribution in [2.45, 2.75) is 45.7 Å². The van der Waals surface area contributed by atoms with E-state index >= 15 is 0 Å². The predicted octanol–water partition coefficient (Wildman–Crippen LogP) is 2.25. The van der Waals surface area contributed by atoms with Gasteiger partial charge in [-0.3, -0.25) is 9.89 Å². The first kappa shape index (κ1) is 15.7. The van der Waals surface area contributed by atoms with Crippen LogP contribution in [0.3, 0.4) is 0 Å². The third-order valence-corrected chi connectivity index (χ3v) is 4.85. The maximum absolute atomic E-state index is 13.2. The summed E-state index contributed by atoms with van der Waals surface area (Å²) < 4.78 is 1.84. The highest BCUT2D eigenvalue weighted by atomic mass is 16.2. The summed E-state index contributed by atoms with van der Waals surface area (Å²) in [7, 11) is 0. The van der Waals surface area contributed by atoms with Gasteiger partial charge in [0.15, 0.2) is 5.65 Å². The Bertz CT molecular complexity index is 899. The first-order chi connectivity index (χ1) is 12.2. The summed E-state index contributed by atoms with van der Waals surface area (Å²) in [6, 6.07) is 1.85. The maximum Gasteiger partial charge on any atom is 0.256 e. The second-order valence-electron chi connectivity index (χ2n) is 6.38. The molecule has 3 aromatic heterocycles. The third-order valence-electron chi connectivity index (χ3n) is 4.85. The Labute approximate surface area is 145 Å². The zero-order chi connectivity index (χ0) is 17.4. The summed E-state index contributed by atoms with van der Waals surface area (Å²) in [5, 5.41) is 12.1. The first-order valence-electron chi connectivity index (χ1n) is 8.68. The monoisotopic (exact) mass is 339 g/mol. The van der Waals surface area contributed by atoms with Gasteiger partial charge in [-0.2, -0.15) is 10.2 Å². The fourth-order valence-corrected chi connectivity index (χ4v) is 3.53. The molecule has 4 heterocycles. The Balaban J connectivity index is 1.71. The lowest BCUT2D eigenvalue weighted by Crippen LogP contribution is -2.39. The number of nitrogens with zero attached hydrogens (tertiary/aromatic N) is 6. The summed E-state index contributed by atoms with van der Waals surface area (Å²) in [6.45, 7) is 5.38. The van der Waals surface area contributed by atoms with Gasteiger partial charge in [0.05, 0.1) is 23.5 Å². The lowest BCUT2D eigenvalue weighted by molar-refractivity contribution is 0.0599. The van der Waals surface area contributed by atoms with E-state index in [9.17, 15) is 4.79 Å². The molecule has 1 N–H and O–H groups in total. The van der Waals surface area contributed by atoms with E-state index in [1.807, 2.05) is 29.5 Å². The number of aryl methyl sites for hydroxylation is 2. The molecule has 0 radical (unpaired) electrons. The van der Waals surface area contributed by atoms with Crippen LogP contribution in [0.5, 0.6) is 0 Å². The Morgan fingerprint density at radius 3 is 3.04 bits per heavy atom. The lowest BCUT2D eigenvalue weighted by atomic mass is 9.99. The molecule has 3 aromatic rings. The molecular weight excluding hydrogens is 318 g/mol. The summed E-state index contributed by atoms with van der Waals surface area (Å²) in [6.07, 6.45) is 6.23. The Morgan fingerprint density at radius 1 is 1.40 bits per heavy atom. The van der Waals surface area contributed by atoms with Crippen molar-refractivity contribution in [2.75, 3.05) is 6.54 Å². The molecule has 8 nitrogen and oxygen atoms in total. The van der Waals surface area contributed by atoms with Gasteiger partial charge >= 0.3 is 0 Å². The maximum atomic E-state index is 13.2. The number of rotatable bonds is 3. The van der Waals surface area contributed by atoms with Crippen LogP contribution in [0.1, 0.15) is 54.1 Å². The molecule has 130 valence electrons. The van der Waals surface area contributed by atoms with E-state index in [0.717, 1.165) is 54.9 Å². The summed E-state index contributed by atoms with van der Waals surface area (Å²) >= 11 is 0. The van der Waals surface area contributed by atoms with Crippen LogP contribution in [0.25, 0.3) is 11.0 Å². The van der Waals surface area contributed by atoms with Gasteiger partial charge in [0.1, 0.15) is 12.2 Å². The van der Waals surface area contributed by atoms with E-state index < -0.39 is 0 Å². The number of carbonyl (C=O) groups is 1. The van der Waals surface area contributed by atoms with Crippen molar-refractivity contribution >= 4 is 16.9 Å². The highest BCUT2D eigenvalue weighted by Crippen LogP contribution is 2.30. The summed E-state index contributed by atoms with van der Waals surface area (Å²) in [5.41, 5.74) is 2.19. The van der Waals surface area contributed by atoms with Crippen LogP contribution >= 0.6 is 0 Å². The van der Waals surface area contributed by atoms with Gasteiger partial charge < -0.3 is 4.90 Å². The zero-order valence-corrected chi connectivity index (χ0v) is 14.4. The normalized spacial score (nSPS) is 18.0. The van der Waals surface area contributed by atoms with Crippen molar-refractivity contribution in [1.29, 1.82) is 0 Å². The minimum Gasteiger partial charge on any atom is -0.328 e. The molecule has 0 aliphatic carbocycles. The van der Waals surface area contributed by atoms with Gasteiger partial charge in [-0.25, -0.2) is 14.6 Å². The predicted molar refractivity (Wildman–Crippen MR) is 92.0 cm³/mol. The van der Waals surface area contributed by atoms with E-state index in [1.54, 1.807) is 6.20 Å². The number of pyridine rings is 1. The number of likely N-dealkylation sites (tertiary alicyclic amines) is 1. The van der Waals surface area contributed by atoms with Gasteiger partial charge in [-0.15, -0.1) is 0 Å². The Hall–Kier alpha value is -2.77. The van der Waals surface area contributed by atoms with Crippen LogP contribution in [0.15, 0.2) is 18.6 Å². The van der Waals surface area contributed by atoms with Gasteiger partial charge in [0, 0.05) is 18.5 Å². The van der Waals surface area contributed by atoms with Crippen LogP contribution < -0.4 is 0 Å². The quantitative estimate of drug-likeness (QED) is 0.790. The molecule has 0 aromatic carbocycles. The second kappa shape index (κ2) is 6.27.